The predicted molar refractivity (Wildman–Crippen MR) is 26.6 cm³/mol. The van der Waals surface area contributed by atoms with E-state index in [2.05, 4.69) is 10.1 Å². The standard InChI is InChI=1S/C5H5NO3/c7-3-5(1-2-5)9-4(8)6-3/h1-2H2,(H,6,7,8). The number of rotatable bonds is 0. The van der Waals surface area contributed by atoms with Gasteiger partial charge in [0.05, 0.1) is 0 Å². The van der Waals surface area contributed by atoms with Gasteiger partial charge in [-0.15, -0.1) is 0 Å². The molecule has 1 saturated carbocycles. The molecule has 2 aliphatic rings. The fourth-order valence-corrected chi connectivity index (χ4v) is 0.899. The highest BCUT2D eigenvalue weighted by Gasteiger charge is 2.58. The summed E-state index contributed by atoms with van der Waals surface area (Å²) in [4.78, 5) is 21.1. The molecule has 1 aliphatic carbocycles. The van der Waals surface area contributed by atoms with Gasteiger partial charge in [-0.3, -0.25) is 10.1 Å². The molecule has 1 N–H and O–H groups in total. The van der Waals surface area contributed by atoms with Gasteiger partial charge in [0.2, 0.25) is 0 Å². The fraction of sp³-hybridized carbons (Fsp3) is 0.600. The number of carbonyl (C=O) groups is 2. The van der Waals surface area contributed by atoms with Crippen molar-refractivity contribution >= 4 is 12.0 Å². The van der Waals surface area contributed by atoms with Crippen LogP contribution in [0.15, 0.2) is 0 Å². The maximum absolute atomic E-state index is 10.7. The van der Waals surface area contributed by atoms with Crippen molar-refractivity contribution in [3.63, 3.8) is 0 Å². The van der Waals surface area contributed by atoms with Crippen molar-refractivity contribution in [2.24, 2.45) is 0 Å². The van der Waals surface area contributed by atoms with E-state index in [4.69, 9.17) is 0 Å². The second kappa shape index (κ2) is 1.10. The maximum Gasteiger partial charge on any atom is 0.415 e. The Morgan fingerprint density at radius 2 is 2.11 bits per heavy atom. The molecule has 2 amide bonds. The van der Waals surface area contributed by atoms with Gasteiger partial charge < -0.3 is 4.74 Å². The first-order valence-electron chi connectivity index (χ1n) is 2.77. The van der Waals surface area contributed by atoms with E-state index in [0.29, 0.717) is 12.8 Å². The Balaban J connectivity index is 2.28. The van der Waals surface area contributed by atoms with Crippen LogP contribution < -0.4 is 5.32 Å². The Labute approximate surface area is 51.2 Å². The smallest absolute Gasteiger partial charge is 0.415 e. The predicted octanol–water partition coefficient (Wildman–Crippen LogP) is -0.215. The zero-order valence-corrected chi connectivity index (χ0v) is 4.64. The lowest BCUT2D eigenvalue weighted by molar-refractivity contribution is -0.124. The number of hydrogen-bond acceptors (Lipinski definition) is 3. The molecule has 0 aromatic rings. The molecule has 1 saturated heterocycles. The molecule has 2 fully saturated rings. The topological polar surface area (TPSA) is 55.4 Å². The molecule has 0 aromatic carbocycles. The molecule has 0 unspecified atom stereocenters. The Bertz CT molecular complexity index is 194. The van der Waals surface area contributed by atoms with E-state index in [0.717, 1.165) is 0 Å². The summed E-state index contributed by atoms with van der Waals surface area (Å²) in [6.07, 6.45) is 0.771. The van der Waals surface area contributed by atoms with Crippen LogP contribution in [0.5, 0.6) is 0 Å². The highest BCUT2D eigenvalue weighted by atomic mass is 16.6. The molecule has 0 radical (unpaired) electrons. The third-order valence-corrected chi connectivity index (χ3v) is 1.62. The molecule has 4 heteroatoms. The summed E-state index contributed by atoms with van der Waals surface area (Å²) >= 11 is 0. The summed E-state index contributed by atoms with van der Waals surface area (Å²) in [6.45, 7) is 0. The van der Waals surface area contributed by atoms with E-state index in [1.165, 1.54) is 0 Å². The van der Waals surface area contributed by atoms with E-state index >= 15 is 0 Å². The van der Waals surface area contributed by atoms with Crippen LogP contribution in [0.25, 0.3) is 0 Å². The van der Waals surface area contributed by atoms with Gasteiger partial charge in [-0.25, -0.2) is 4.79 Å². The number of carbonyl (C=O) groups excluding carboxylic acids is 2. The van der Waals surface area contributed by atoms with Gasteiger partial charge in [0.15, 0.2) is 5.60 Å². The normalized spacial score (nSPS) is 28.0. The zero-order chi connectivity index (χ0) is 6.48. The fourth-order valence-electron chi connectivity index (χ4n) is 0.899. The number of imide groups is 1. The van der Waals surface area contributed by atoms with Crippen molar-refractivity contribution in [2.75, 3.05) is 0 Å². The van der Waals surface area contributed by atoms with Gasteiger partial charge in [0.25, 0.3) is 5.91 Å². The van der Waals surface area contributed by atoms with Crippen LogP contribution in [0.2, 0.25) is 0 Å². The highest BCUT2D eigenvalue weighted by Crippen LogP contribution is 2.42. The summed E-state index contributed by atoms with van der Waals surface area (Å²) in [7, 11) is 0. The lowest BCUT2D eigenvalue weighted by Gasteiger charge is -1.96. The number of nitrogens with one attached hydrogen (secondary N) is 1. The van der Waals surface area contributed by atoms with E-state index in [1.54, 1.807) is 0 Å². The van der Waals surface area contributed by atoms with Crippen LogP contribution in [-0.4, -0.2) is 17.6 Å². The first kappa shape index (κ1) is 4.78. The van der Waals surface area contributed by atoms with Crippen LogP contribution in [0, 0.1) is 0 Å². The number of ether oxygens (including phenoxy) is 1. The third-order valence-electron chi connectivity index (χ3n) is 1.62. The summed E-state index contributed by atoms with van der Waals surface area (Å²) in [5.74, 6) is -0.271. The molecule has 1 heterocycles. The van der Waals surface area contributed by atoms with E-state index < -0.39 is 11.7 Å². The molecule has 1 spiro atoms. The molecule has 0 atom stereocenters. The zero-order valence-electron chi connectivity index (χ0n) is 4.64. The Kier molecular flexibility index (Phi) is 0.583. The first-order valence-corrected chi connectivity index (χ1v) is 2.77. The lowest BCUT2D eigenvalue weighted by Crippen LogP contribution is -2.25. The van der Waals surface area contributed by atoms with Crippen molar-refractivity contribution in [1.82, 2.24) is 5.32 Å². The van der Waals surface area contributed by atoms with Crippen molar-refractivity contribution < 1.29 is 14.3 Å². The highest BCUT2D eigenvalue weighted by molar-refractivity contribution is 6.04. The average molecular weight is 127 g/mol. The lowest BCUT2D eigenvalue weighted by atomic mass is 10.3. The minimum absolute atomic E-state index is 0.271. The third kappa shape index (κ3) is 0.472. The Morgan fingerprint density at radius 1 is 1.44 bits per heavy atom. The molecule has 48 valence electrons. The number of alkyl carbamates (subject to hydrolysis) is 1. The van der Waals surface area contributed by atoms with Gasteiger partial charge in [-0.2, -0.15) is 0 Å². The van der Waals surface area contributed by atoms with Gasteiger partial charge in [0, 0.05) is 12.8 Å². The quantitative estimate of drug-likeness (QED) is 0.489. The monoisotopic (exact) mass is 127 g/mol. The van der Waals surface area contributed by atoms with Gasteiger partial charge in [0.1, 0.15) is 0 Å². The van der Waals surface area contributed by atoms with Crippen molar-refractivity contribution in [1.29, 1.82) is 0 Å². The van der Waals surface area contributed by atoms with Crippen LogP contribution in [-0.2, 0) is 9.53 Å². The number of amides is 2. The van der Waals surface area contributed by atoms with Crippen LogP contribution in [0.3, 0.4) is 0 Å². The van der Waals surface area contributed by atoms with Gasteiger partial charge in [-0.1, -0.05) is 0 Å². The van der Waals surface area contributed by atoms with Crippen LogP contribution in [0.1, 0.15) is 12.8 Å². The Morgan fingerprint density at radius 3 is 2.33 bits per heavy atom. The molecule has 1 aliphatic heterocycles. The van der Waals surface area contributed by atoms with Gasteiger partial charge >= 0.3 is 6.09 Å². The van der Waals surface area contributed by atoms with Crippen LogP contribution in [0.4, 0.5) is 4.79 Å². The summed E-state index contributed by atoms with van der Waals surface area (Å²) in [5, 5.41) is 2.07. The SMILES string of the molecule is O=C1NC(=O)C2(CC2)O1. The molecule has 9 heavy (non-hydrogen) atoms. The minimum atomic E-state index is -0.725. The van der Waals surface area contributed by atoms with E-state index in [9.17, 15) is 9.59 Å². The number of hydrogen-bond donors (Lipinski definition) is 1. The van der Waals surface area contributed by atoms with E-state index in [-0.39, 0.29) is 5.91 Å². The summed E-state index contributed by atoms with van der Waals surface area (Å²) < 4.78 is 4.67. The van der Waals surface area contributed by atoms with Crippen molar-refractivity contribution in [3.8, 4) is 0 Å². The minimum Gasteiger partial charge on any atom is -0.432 e. The molecular formula is C5H5NO3. The largest absolute Gasteiger partial charge is 0.432 e. The second-order valence-electron chi connectivity index (χ2n) is 2.34. The van der Waals surface area contributed by atoms with Crippen molar-refractivity contribution in [3.05, 3.63) is 0 Å². The molecule has 2 rings (SSSR count). The maximum atomic E-state index is 10.7. The molecule has 0 aromatic heterocycles. The first-order chi connectivity index (χ1) is 4.23. The molecule has 4 nitrogen and oxygen atoms in total. The van der Waals surface area contributed by atoms with E-state index in [1.807, 2.05) is 0 Å². The van der Waals surface area contributed by atoms with Crippen molar-refractivity contribution in [2.45, 2.75) is 18.4 Å². The van der Waals surface area contributed by atoms with Gasteiger partial charge in [-0.05, 0) is 0 Å². The summed E-state index contributed by atoms with van der Waals surface area (Å²) in [6, 6.07) is 0. The summed E-state index contributed by atoms with van der Waals surface area (Å²) in [5.41, 5.74) is -0.725. The average Bonchev–Trinajstić information content (AvgIpc) is 2.42. The molecule has 0 bridgehead atoms. The molecular weight excluding hydrogens is 122 g/mol. The Hall–Kier alpha value is -1.06. The van der Waals surface area contributed by atoms with Crippen LogP contribution >= 0.6 is 0 Å². The second-order valence-corrected chi connectivity index (χ2v) is 2.34.